The molecule has 0 aliphatic carbocycles. The number of amides is 1. The van der Waals surface area contributed by atoms with E-state index in [1.54, 1.807) is 43.3 Å². The third-order valence-electron chi connectivity index (χ3n) is 4.17. The summed E-state index contributed by atoms with van der Waals surface area (Å²) in [6, 6.07) is 10.1. The molecule has 1 aliphatic rings. The minimum Gasteiger partial charge on any atom is -0.325 e. The zero-order chi connectivity index (χ0) is 19.4. The Morgan fingerprint density at radius 1 is 1.26 bits per heavy atom. The zero-order valence-corrected chi connectivity index (χ0v) is 17.1. The van der Waals surface area contributed by atoms with Gasteiger partial charge in [0.2, 0.25) is 15.9 Å². The number of nitrogens with zero attached hydrogens (tertiary/aromatic N) is 2. The van der Waals surface area contributed by atoms with Gasteiger partial charge in [0.15, 0.2) is 0 Å². The lowest BCUT2D eigenvalue weighted by atomic mass is 10.3. The van der Waals surface area contributed by atoms with Crippen molar-refractivity contribution in [1.29, 1.82) is 0 Å². The van der Waals surface area contributed by atoms with Crippen molar-refractivity contribution in [1.82, 2.24) is 9.29 Å². The predicted molar refractivity (Wildman–Crippen MR) is 108 cm³/mol. The molecule has 0 spiro atoms. The second kappa shape index (κ2) is 8.60. The number of pyridine rings is 1. The molecule has 0 saturated carbocycles. The molecule has 1 fully saturated rings. The summed E-state index contributed by atoms with van der Waals surface area (Å²) in [5, 5.41) is 3.53. The summed E-state index contributed by atoms with van der Waals surface area (Å²) < 4.78 is 26.5. The number of benzene rings is 1. The summed E-state index contributed by atoms with van der Waals surface area (Å²) in [5.74, 6) is -0.183. The third kappa shape index (κ3) is 5.01. The third-order valence-corrected chi connectivity index (χ3v) is 7.34. The molecule has 6 nitrogen and oxygen atoms in total. The maximum atomic E-state index is 12.5. The number of nitrogens with one attached hydrogen (secondary N) is 1. The molecule has 0 radical (unpaired) electrons. The van der Waals surface area contributed by atoms with E-state index in [2.05, 4.69) is 10.3 Å². The Morgan fingerprint density at radius 3 is 2.63 bits per heavy atom. The van der Waals surface area contributed by atoms with Gasteiger partial charge in [-0.15, -0.1) is 0 Å². The van der Waals surface area contributed by atoms with Crippen molar-refractivity contribution < 1.29 is 13.2 Å². The average Bonchev–Trinajstić information content (AvgIpc) is 3.17. The number of carbonyl (C=O) groups excluding carboxylic acids is 1. The maximum absolute atomic E-state index is 12.5. The summed E-state index contributed by atoms with van der Waals surface area (Å²) >= 11 is 7.18. The van der Waals surface area contributed by atoms with E-state index in [-0.39, 0.29) is 10.8 Å². The Morgan fingerprint density at radius 2 is 2.00 bits per heavy atom. The molecular formula is C18H20ClN3O3S2. The standard InChI is InChI=1S/C18H20ClN3O3S2/c1-13(18(23)21-15-6-4-5-14(19)11-15)26-17-8-7-16(12-20-17)27(24,25)22-9-2-3-10-22/h4-8,11-13H,2-3,9-10H2,1H3,(H,21,23)/t13-/m0/s1. The summed E-state index contributed by atoms with van der Waals surface area (Å²) in [6.45, 7) is 2.88. The van der Waals surface area contributed by atoms with E-state index in [1.165, 1.54) is 22.3 Å². The number of aromatic nitrogens is 1. The molecule has 1 aliphatic heterocycles. The lowest BCUT2D eigenvalue weighted by Crippen LogP contribution is -2.28. The molecule has 2 heterocycles. The lowest BCUT2D eigenvalue weighted by molar-refractivity contribution is -0.115. The molecule has 0 bridgehead atoms. The second-order valence-electron chi connectivity index (χ2n) is 6.20. The van der Waals surface area contributed by atoms with Gasteiger partial charge in [0, 0.05) is 30.0 Å². The van der Waals surface area contributed by atoms with E-state index in [0.29, 0.717) is 28.8 Å². The van der Waals surface area contributed by atoms with Crippen LogP contribution in [-0.2, 0) is 14.8 Å². The van der Waals surface area contributed by atoms with Crippen molar-refractivity contribution in [3.8, 4) is 0 Å². The fourth-order valence-corrected chi connectivity index (χ4v) is 5.15. The number of rotatable bonds is 6. The summed E-state index contributed by atoms with van der Waals surface area (Å²) in [7, 11) is -3.48. The Kier molecular flexibility index (Phi) is 6.41. The highest BCUT2D eigenvalue weighted by Gasteiger charge is 2.27. The van der Waals surface area contributed by atoms with Crippen molar-refractivity contribution in [2.24, 2.45) is 0 Å². The molecule has 1 saturated heterocycles. The van der Waals surface area contributed by atoms with Crippen molar-refractivity contribution in [2.45, 2.75) is 34.9 Å². The number of sulfonamides is 1. The van der Waals surface area contributed by atoms with Crippen LogP contribution in [0.2, 0.25) is 5.02 Å². The maximum Gasteiger partial charge on any atom is 0.244 e. The quantitative estimate of drug-likeness (QED) is 0.715. The van der Waals surface area contributed by atoms with Gasteiger partial charge in [-0.25, -0.2) is 13.4 Å². The van der Waals surface area contributed by atoms with Gasteiger partial charge in [0.25, 0.3) is 0 Å². The highest BCUT2D eigenvalue weighted by atomic mass is 35.5. The molecule has 144 valence electrons. The van der Waals surface area contributed by atoms with Crippen molar-refractivity contribution in [3.05, 3.63) is 47.6 Å². The number of anilines is 1. The summed E-state index contributed by atoms with van der Waals surface area (Å²) in [4.78, 5) is 16.7. The van der Waals surface area contributed by atoms with Crippen LogP contribution < -0.4 is 5.32 Å². The second-order valence-corrected chi connectivity index (χ2v) is 9.94. The van der Waals surface area contributed by atoms with E-state index in [9.17, 15) is 13.2 Å². The van der Waals surface area contributed by atoms with E-state index in [0.717, 1.165) is 12.8 Å². The van der Waals surface area contributed by atoms with Gasteiger partial charge in [0.05, 0.1) is 10.3 Å². The highest BCUT2D eigenvalue weighted by Crippen LogP contribution is 2.25. The minimum atomic E-state index is -3.48. The molecular weight excluding hydrogens is 406 g/mol. The largest absolute Gasteiger partial charge is 0.325 e. The van der Waals surface area contributed by atoms with Gasteiger partial charge in [-0.2, -0.15) is 4.31 Å². The van der Waals surface area contributed by atoms with Crippen LogP contribution in [0.25, 0.3) is 0 Å². The van der Waals surface area contributed by atoms with Crippen LogP contribution in [-0.4, -0.2) is 42.0 Å². The number of hydrogen-bond donors (Lipinski definition) is 1. The zero-order valence-electron chi connectivity index (χ0n) is 14.8. The van der Waals surface area contributed by atoms with Crippen molar-refractivity contribution in [2.75, 3.05) is 18.4 Å². The van der Waals surface area contributed by atoms with Gasteiger partial charge in [-0.1, -0.05) is 29.4 Å². The fourth-order valence-electron chi connectivity index (χ4n) is 2.71. The van der Waals surface area contributed by atoms with Gasteiger partial charge in [-0.05, 0) is 50.1 Å². The smallest absolute Gasteiger partial charge is 0.244 e. The Hall–Kier alpha value is -1.61. The SMILES string of the molecule is C[C@H](Sc1ccc(S(=O)(=O)N2CCCC2)cn1)C(=O)Nc1cccc(Cl)c1. The molecule has 3 rings (SSSR count). The van der Waals surface area contributed by atoms with Gasteiger partial charge in [-0.3, -0.25) is 4.79 Å². The molecule has 1 aromatic heterocycles. The van der Waals surface area contributed by atoms with Crippen LogP contribution in [0.15, 0.2) is 52.5 Å². The van der Waals surface area contributed by atoms with Crippen LogP contribution in [0.5, 0.6) is 0 Å². The van der Waals surface area contributed by atoms with E-state index < -0.39 is 15.3 Å². The molecule has 27 heavy (non-hydrogen) atoms. The van der Waals surface area contributed by atoms with Crippen molar-refractivity contribution >= 4 is 45.0 Å². The summed E-state index contributed by atoms with van der Waals surface area (Å²) in [5.41, 5.74) is 0.625. The van der Waals surface area contributed by atoms with Crippen LogP contribution in [0.3, 0.4) is 0 Å². The first-order valence-corrected chi connectivity index (χ1v) is 11.3. The number of halogens is 1. The molecule has 1 N–H and O–H groups in total. The van der Waals surface area contributed by atoms with E-state index in [1.807, 2.05) is 0 Å². The Labute approximate surface area is 168 Å². The monoisotopic (exact) mass is 425 g/mol. The highest BCUT2D eigenvalue weighted by molar-refractivity contribution is 8.00. The molecule has 1 atom stereocenters. The summed E-state index contributed by atoms with van der Waals surface area (Å²) in [6.07, 6.45) is 3.14. The first-order valence-electron chi connectivity index (χ1n) is 8.55. The predicted octanol–water partition coefficient (Wildman–Crippen LogP) is 3.64. The Bertz CT molecular complexity index is 914. The minimum absolute atomic E-state index is 0.183. The van der Waals surface area contributed by atoms with Crippen LogP contribution >= 0.6 is 23.4 Å². The lowest BCUT2D eigenvalue weighted by Gasteiger charge is -2.15. The van der Waals surface area contributed by atoms with Gasteiger partial charge in [0.1, 0.15) is 4.90 Å². The number of hydrogen-bond acceptors (Lipinski definition) is 5. The van der Waals surface area contributed by atoms with E-state index >= 15 is 0 Å². The van der Waals surface area contributed by atoms with E-state index in [4.69, 9.17) is 11.6 Å². The van der Waals surface area contributed by atoms with Crippen LogP contribution in [0.4, 0.5) is 5.69 Å². The van der Waals surface area contributed by atoms with Crippen LogP contribution in [0.1, 0.15) is 19.8 Å². The Balaban J connectivity index is 1.62. The first kappa shape index (κ1) is 20.1. The fraction of sp³-hybridized carbons (Fsp3) is 0.333. The number of thioether (sulfide) groups is 1. The molecule has 1 aromatic carbocycles. The van der Waals surface area contributed by atoms with Gasteiger partial charge < -0.3 is 5.32 Å². The van der Waals surface area contributed by atoms with Crippen LogP contribution in [0, 0.1) is 0 Å². The molecule has 2 aromatic rings. The normalized spacial score (nSPS) is 16.2. The molecule has 9 heteroatoms. The average molecular weight is 426 g/mol. The van der Waals surface area contributed by atoms with Gasteiger partial charge >= 0.3 is 0 Å². The molecule has 1 amide bonds. The number of carbonyl (C=O) groups is 1. The molecule has 0 unspecified atom stereocenters. The first-order chi connectivity index (χ1) is 12.9. The van der Waals surface area contributed by atoms with Crippen molar-refractivity contribution in [3.63, 3.8) is 0 Å². The topological polar surface area (TPSA) is 79.4 Å².